The van der Waals surface area contributed by atoms with Crippen molar-refractivity contribution in [2.45, 2.75) is 13.5 Å². The van der Waals surface area contributed by atoms with Crippen molar-refractivity contribution in [2.24, 2.45) is 0 Å². The van der Waals surface area contributed by atoms with Crippen LogP contribution in [-0.4, -0.2) is 29.2 Å². The van der Waals surface area contributed by atoms with Crippen LogP contribution in [0.2, 0.25) is 0 Å². The Labute approximate surface area is 156 Å². The van der Waals surface area contributed by atoms with Crippen LogP contribution < -0.4 is 10.6 Å². The lowest BCUT2D eigenvalue weighted by atomic mass is 10.1. The summed E-state index contributed by atoms with van der Waals surface area (Å²) in [5, 5.41) is 7.34. The topological polar surface area (TPSA) is 80.3 Å². The standard InChI is InChI=1S/C19H19N3O3S/c1-13-5-6-14(18(23)21-11-15-4-2-3-7-20-15)10-16(13)22-19(24)17-12-26-9-8-25-17/h2-7,10,12H,8-9,11H2,1H3,(H,21,23)(H,22,24). The smallest absolute Gasteiger partial charge is 0.291 e. The number of anilines is 1. The second-order valence-corrected chi connectivity index (χ2v) is 6.67. The summed E-state index contributed by atoms with van der Waals surface area (Å²) in [4.78, 5) is 28.8. The Bertz CT molecular complexity index is 837. The van der Waals surface area contributed by atoms with Gasteiger partial charge >= 0.3 is 0 Å². The number of hydrogen-bond acceptors (Lipinski definition) is 5. The van der Waals surface area contributed by atoms with Crippen LogP contribution in [0.4, 0.5) is 5.69 Å². The van der Waals surface area contributed by atoms with Crippen LogP contribution in [0.1, 0.15) is 21.6 Å². The Kier molecular flexibility index (Phi) is 5.91. The first-order valence-corrected chi connectivity index (χ1v) is 9.23. The van der Waals surface area contributed by atoms with Gasteiger partial charge in [0.05, 0.1) is 18.8 Å². The van der Waals surface area contributed by atoms with Crippen molar-refractivity contribution in [1.29, 1.82) is 0 Å². The molecule has 0 spiro atoms. The lowest BCUT2D eigenvalue weighted by Gasteiger charge is -2.15. The van der Waals surface area contributed by atoms with E-state index in [-0.39, 0.29) is 11.8 Å². The number of carbonyl (C=O) groups is 2. The summed E-state index contributed by atoms with van der Waals surface area (Å²) in [5.41, 5.74) is 2.69. The van der Waals surface area contributed by atoms with Crippen LogP contribution in [-0.2, 0) is 16.1 Å². The van der Waals surface area contributed by atoms with Crippen molar-refractivity contribution in [3.05, 3.63) is 70.6 Å². The lowest BCUT2D eigenvalue weighted by molar-refractivity contribution is -0.116. The minimum atomic E-state index is -0.314. The van der Waals surface area contributed by atoms with Crippen LogP contribution in [0, 0.1) is 6.92 Å². The summed E-state index contributed by atoms with van der Waals surface area (Å²) < 4.78 is 5.36. The summed E-state index contributed by atoms with van der Waals surface area (Å²) in [6.45, 7) is 2.72. The highest BCUT2D eigenvalue weighted by atomic mass is 32.2. The molecule has 0 fully saturated rings. The van der Waals surface area contributed by atoms with Crippen molar-refractivity contribution < 1.29 is 14.3 Å². The second-order valence-electron chi connectivity index (χ2n) is 5.69. The summed E-state index contributed by atoms with van der Waals surface area (Å²) in [5.74, 6) is 0.591. The molecule has 0 unspecified atom stereocenters. The molecule has 1 aromatic carbocycles. The first kappa shape index (κ1) is 18.0. The molecule has 1 aromatic heterocycles. The van der Waals surface area contributed by atoms with E-state index in [0.717, 1.165) is 17.0 Å². The zero-order valence-corrected chi connectivity index (χ0v) is 15.1. The van der Waals surface area contributed by atoms with Gasteiger partial charge in [-0.25, -0.2) is 0 Å². The third kappa shape index (κ3) is 4.64. The molecule has 0 atom stereocenters. The fraction of sp³-hybridized carbons (Fsp3) is 0.211. The van der Waals surface area contributed by atoms with E-state index < -0.39 is 0 Å². The maximum atomic E-state index is 12.4. The first-order chi connectivity index (χ1) is 12.6. The third-order valence-electron chi connectivity index (χ3n) is 3.78. The molecule has 0 radical (unpaired) electrons. The first-order valence-electron chi connectivity index (χ1n) is 8.18. The number of hydrogen-bond donors (Lipinski definition) is 2. The number of ether oxygens (including phenoxy) is 1. The van der Waals surface area contributed by atoms with E-state index in [1.165, 1.54) is 0 Å². The van der Waals surface area contributed by atoms with Crippen molar-refractivity contribution in [1.82, 2.24) is 10.3 Å². The van der Waals surface area contributed by atoms with Crippen molar-refractivity contribution >= 4 is 29.3 Å². The van der Waals surface area contributed by atoms with Crippen molar-refractivity contribution in [3.63, 3.8) is 0 Å². The monoisotopic (exact) mass is 369 g/mol. The zero-order valence-electron chi connectivity index (χ0n) is 14.3. The van der Waals surface area contributed by atoms with E-state index in [1.54, 1.807) is 41.6 Å². The van der Waals surface area contributed by atoms with Crippen LogP contribution in [0.3, 0.4) is 0 Å². The predicted octanol–water partition coefficient (Wildman–Crippen LogP) is 2.86. The molecule has 3 rings (SSSR count). The van der Waals surface area contributed by atoms with Gasteiger partial charge in [0.2, 0.25) is 0 Å². The Morgan fingerprint density at radius 2 is 2.12 bits per heavy atom. The molecule has 0 bridgehead atoms. The van der Waals surface area contributed by atoms with Gasteiger partial charge in [-0.05, 0) is 36.8 Å². The van der Waals surface area contributed by atoms with Crippen molar-refractivity contribution in [2.75, 3.05) is 17.7 Å². The van der Waals surface area contributed by atoms with E-state index in [0.29, 0.717) is 30.2 Å². The van der Waals surface area contributed by atoms with Gasteiger partial charge in [0.15, 0.2) is 5.76 Å². The fourth-order valence-electron chi connectivity index (χ4n) is 2.34. The largest absolute Gasteiger partial charge is 0.487 e. The van der Waals surface area contributed by atoms with Gasteiger partial charge in [0.25, 0.3) is 11.8 Å². The predicted molar refractivity (Wildman–Crippen MR) is 102 cm³/mol. The quantitative estimate of drug-likeness (QED) is 0.847. The molecular weight excluding hydrogens is 350 g/mol. The van der Waals surface area contributed by atoms with Crippen LogP contribution in [0.15, 0.2) is 53.8 Å². The van der Waals surface area contributed by atoms with Gasteiger partial charge in [-0.15, -0.1) is 11.8 Å². The number of nitrogens with zero attached hydrogens (tertiary/aromatic N) is 1. The normalized spacial score (nSPS) is 13.3. The molecule has 0 saturated heterocycles. The minimum Gasteiger partial charge on any atom is -0.487 e. The van der Waals surface area contributed by atoms with Crippen LogP contribution in [0.5, 0.6) is 0 Å². The number of pyridine rings is 1. The van der Waals surface area contributed by atoms with Gasteiger partial charge in [-0.3, -0.25) is 14.6 Å². The number of rotatable bonds is 5. The van der Waals surface area contributed by atoms with Crippen LogP contribution >= 0.6 is 11.8 Å². The Hall–Kier alpha value is -2.80. The molecule has 26 heavy (non-hydrogen) atoms. The molecule has 2 amide bonds. The summed E-state index contributed by atoms with van der Waals surface area (Å²) in [7, 11) is 0. The highest BCUT2D eigenvalue weighted by Gasteiger charge is 2.16. The minimum absolute atomic E-state index is 0.227. The van der Waals surface area contributed by atoms with Gasteiger partial charge in [0.1, 0.15) is 0 Å². The molecule has 1 aliphatic heterocycles. The SMILES string of the molecule is Cc1ccc(C(=O)NCc2ccccn2)cc1NC(=O)C1=CSCCO1. The number of benzene rings is 1. The Morgan fingerprint density at radius 1 is 1.23 bits per heavy atom. The molecule has 2 N–H and O–H groups in total. The molecule has 0 aliphatic carbocycles. The summed E-state index contributed by atoms with van der Waals surface area (Å²) in [6.07, 6.45) is 1.68. The number of aryl methyl sites for hydroxylation is 1. The third-order valence-corrected chi connectivity index (χ3v) is 4.56. The van der Waals surface area contributed by atoms with Crippen LogP contribution in [0.25, 0.3) is 0 Å². The van der Waals surface area contributed by atoms with E-state index in [1.807, 2.05) is 25.1 Å². The number of nitrogens with one attached hydrogen (secondary N) is 2. The van der Waals surface area contributed by atoms with E-state index in [9.17, 15) is 9.59 Å². The molecule has 6 nitrogen and oxygen atoms in total. The lowest BCUT2D eigenvalue weighted by Crippen LogP contribution is -2.24. The molecule has 0 saturated carbocycles. The molecule has 2 aromatic rings. The highest BCUT2D eigenvalue weighted by Crippen LogP contribution is 2.20. The maximum absolute atomic E-state index is 12.4. The average Bonchev–Trinajstić information content (AvgIpc) is 2.69. The van der Waals surface area contributed by atoms with E-state index >= 15 is 0 Å². The number of aromatic nitrogens is 1. The maximum Gasteiger partial charge on any atom is 0.291 e. The van der Waals surface area contributed by atoms with Gasteiger partial charge in [-0.2, -0.15) is 0 Å². The van der Waals surface area contributed by atoms with Crippen molar-refractivity contribution in [3.8, 4) is 0 Å². The number of thioether (sulfide) groups is 1. The molecular formula is C19H19N3O3S. The second kappa shape index (κ2) is 8.53. The molecule has 134 valence electrons. The highest BCUT2D eigenvalue weighted by molar-refractivity contribution is 8.02. The average molecular weight is 369 g/mol. The molecule has 7 heteroatoms. The van der Waals surface area contributed by atoms with Gasteiger partial charge in [-0.1, -0.05) is 12.1 Å². The Balaban J connectivity index is 1.67. The van der Waals surface area contributed by atoms with E-state index in [4.69, 9.17) is 4.74 Å². The number of carbonyl (C=O) groups excluding carboxylic acids is 2. The van der Waals surface area contributed by atoms with Gasteiger partial charge < -0.3 is 15.4 Å². The fourth-order valence-corrected chi connectivity index (χ4v) is 2.97. The Morgan fingerprint density at radius 3 is 2.85 bits per heavy atom. The van der Waals surface area contributed by atoms with Gasteiger partial charge in [0, 0.05) is 28.6 Å². The summed E-state index contributed by atoms with van der Waals surface area (Å²) in [6, 6.07) is 10.7. The summed E-state index contributed by atoms with van der Waals surface area (Å²) >= 11 is 1.54. The number of amides is 2. The van der Waals surface area contributed by atoms with E-state index in [2.05, 4.69) is 15.6 Å². The molecule has 2 heterocycles. The zero-order chi connectivity index (χ0) is 18.4. The molecule has 1 aliphatic rings.